The average molecular weight is 201 g/mol. The summed E-state index contributed by atoms with van der Waals surface area (Å²) in [4.78, 5) is 7.83. The summed E-state index contributed by atoms with van der Waals surface area (Å²) in [5, 5.41) is 0.300. The molecule has 0 saturated carbocycles. The van der Waals surface area contributed by atoms with Crippen LogP contribution in [0, 0.1) is 0 Å². The van der Waals surface area contributed by atoms with E-state index in [2.05, 4.69) is 9.97 Å². The highest BCUT2D eigenvalue weighted by atomic mass is 35.5. The molecule has 0 N–H and O–H groups in total. The highest BCUT2D eigenvalue weighted by molar-refractivity contribution is 6.30. The van der Waals surface area contributed by atoms with Gasteiger partial charge in [0.2, 0.25) is 0 Å². The second kappa shape index (κ2) is 3.89. The van der Waals surface area contributed by atoms with Gasteiger partial charge >= 0.3 is 0 Å². The number of hydrogen-bond donors (Lipinski definition) is 0. The van der Waals surface area contributed by atoms with Gasteiger partial charge in [0.25, 0.3) is 5.88 Å². The number of nitrogens with zero attached hydrogens (tertiary/aromatic N) is 2. The van der Waals surface area contributed by atoms with Crippen LogP contribution in [0.4, 0.5) is 0 Å². The van der Waals surface area contributed by atoms with Crippen LogP contribution in [0.2, 0.25) is 5.15 Å². The predicted molar refractivity (Wildman–Crippen MR) is 46.9 cm³/mol. The molecule has 1 aliphatic heterocycles. The second-order valence-electron chi connectivity index (χ2n) is 2.76. The molecule has 4 nitrogen and oxygen atoms in total. The van der Waals surface area contributed by atoms with E-state index in [1.807, 2.05) is 0 Å². The van der Waals surface area contributed by atoms with E-state index >= 15 is 0 Å². The van der Waals surface area contributed by atoms with Gasteiger partial charge in [0.1, 0.15) is 6.10 Å². The molecule has 1 aromatic heterocycles. The predicted octanol–water partition coefficient (Wildman–Crippen LogP) is 1.30. The van der Waals surface area contributed by atoms with Crippen LogP contribution < -0.4 is 4.74 Å². The van der Waals surface area contributed by atoms with Crippen LogP contribution >= 0.6 is 11.6 Å². The largest absolute Gasteiger partial charge is 0.470 e. The molecule has 1 unspecified atom stereocenters. The topological polar surface area (TPSA) is 44.2 Å². The number of aromatic nitrogens is 2. The minimum absolute atomic E-state index is 0.0641. The maximum Gasteiger partial charge on any atom is 0.252 e. The third-order valence-corrected chi connectivity index (χ3v) is 2.05. The Morgan fingerprint density at radius 2 is 2.31 bits per heavy atom. The lowest BCUT2D eigenvalue weighted by atomic mass is 10.3. The zero-order valence-electron chi connectivity index (χ0n) is 6.94. The van der Waals surface area contributed by atoms with Crippen molar-refractivity contribution in [1.82, 2.24) is 9.97 Å². The monoisotopic (exact) mass is 200 g/mol. The highest BCUT2D eigenvalue weighted by Crippen LogP contribution is 2.20. The Kier molecular flexibility index (Phi) is 2.61. The molecular formula is C8H9ClN2O2. The third-order valence-electron chi connectivity index (χ3n) is 1.79. The first-order valence-electron chi connectivity index (χ1n) is 4.07. The molecule has 1 atom stereocenters. The fraction of sp³-hybridized carbons (Fsp3) is 0.500. The van der Waals surface area contributed by atoms with Crippen molar-refractivity contribution < 1.29 is 9.47 Å². The van der Waals surface area contributed by atoms with Gasteiger partial charge in [-0.25, -0.2) is 9.97 Å². The summed E-state index contributed by atoms with van der Waals surface area (Å²) >= 11 is 5.76. The molecule has 13 heavy (non-hydrogen) atoms. The zero-order chi connectivity index (χ0) is 9.10. The second-order valence-corrected chi connectivity index (χ2v) is 3.11. The zero-order valence-corrected chi connectivity index (χ0v) is 7.70. The lowest BCUT2D eigenvalue weighted by Crippen LogP contribution is -2.16. The molecule has 1 aromatic rings. The van der Waals surface area contributed by atoms with Gasteiger partial charge in [0.05, 0.1) is 13.2 Å². The summed E-state index contributed by atoms with van der Waals surface area (Å²) in [7, 11) is 0. The van der Waals surface area contributed by atoms with Crippen LogP contribution in [-0.4, -0.2) is 29.3 Å². The Hall–Kier alpha value is -0.870. The first kappa shape index (κ1) is 8.72. The lowest BCUT2D eigenvalue weighted by Gasteiger charge is -2.10. The molecule has 2 heterocycles. The van der Waals surface area contributed by atoms with E-state index in [9.17, 15) is 0 Å². The Morgan fingerprint density at radius 1 is 1.46 bits per heavy atom. The van der Waals surface area contributed by atoms with E-state index in [0.29, 0.717) is 17.6 Å². The summed E-state index contributed by atoms with van der Waals surface area (Å²) < 4.78 is 10.6. The van der Waals surface area contributed by atoms with Gasteiger partial charge in [0, 0.05) is 18.8 Å². The standard InChI is InChI=1S/C8H9ClN2O2/c9-7-8(11-3-2-10-7)13-6-1-4-12-5-6/h2-3,6H,1,4-5H2. The van der Waals surface area contributed by atoms with Crippen molar-refractivity contribution >= 4 is 11.6 Å². The fourth-order valence-corrected chi connectivity index (χ4v) is 1.30. The summed E-state index contributed by atoms with van der Waals surface area (Å²) in [6, 6.07) is 0. The molecule has 0 amide bonds. The van der Waals surface area contributed by atoms with E-state index in [-0.39, 0.29) is 6.10 Å². The maximum atomic E-state index is 5.76. The van der Waals surface area contributed by atoms with E-state index in [1.54, 1.807) is 6.20 Å². The molecule has 0 spiro atoms. The van der Waals surface area contributed by atoms with Crippen molar-refractivity contribution in [3.63, 3.8) is 0 Å². The van der Waals surface area contributed by atoms with Crippen LogP contribution in [-0.2, 0) is 4.74 Å². The molecule has 2 rings (SSSR count). The van der Waals surface area contributed by atoms with Crippen molar-refractivity contribution in [2.45, 2.75) is 12.5 Å². The van der Waals surface area contributed by atoms with Gasteiger partial charge in [0.15, 0.2) is 5.15 Å². The van der Waals surface area contributed by atoms with E-state index in [1.165, 1.54) is 6.20 Å². The summed E-state index contributed by atoms with van der Waals surface area (Å²) in [5.41, 5.74) is 0. The first-order valence-corrected chi connectivity index (χ1v) is 4.45. The maximum absolute atomic E-state index is 5.76. The lowest BCUT2D eigenvalue weighted by molar-refractivity contribution is 0.138. The van der Waals surface area contributed by atoms with Crippen LogP contribution in [0.15, 0.2) is 12.4 Å². The minimum Gasteiger partial charge on any atom is -0.470 e. The number of halogens is 1. The number of hydrogen-bond acceptors (Lipinski definition) is 4. The minimum atomic E-state index is 0.0641. The molecule has 70 valence electrons. The average Bonchev–Trinajstić information content (AvgIpc) is 2.61. The van der Waals surface area contributed by atoms with Crippen molar-refractivity contribution in [1.29, 1.82) is 0 Å². The number of rotatable bonds is 2. The summed E-state index contributed by atoms with van der Waals surface area (Å²) in [6.45, 7) is 1.34. The van der Waals surface area contributed by atoms with Gasteiger partial charge in [-0.2, -0.15) is 0 Å². The molecule has 0 bridgehead atoms. The molecule has 1 saturated heterocycles. The Bertz CT molecular complexity index is 289. The smallest absolute Gasteiger partial charge is 0.252 e. The van der Waals surface area contributed by atoms with Gasteiger partial charge in [-0.15, -0.1) is 0 Å². The van der Waals surface area contributed by atoms with E-state index in [4.69, 9.17) is 21.1 Å². The molecule has 0 radical (unpaired) electrons. The third kappa shape index (κ3) is 2.08. The van der Waals surface area contributed by atoms with Crippen molar-refractivity contribution in [3.8, 4) is 5.88 Å². The van der Waals surface area contributed by atoms with Gasteiger partial charge in [-0.3, -0.25) is 0 Å². The summed E-state index contributed by atoms with van der Waals surface area (Å²) in [5.74, 6) is 0.389. The Balaban J connectivity index is 2.04. The molecule has 1 fully saturated rings. The highest BCUT2D eigenvalue weighted by Gasteiger charge is 2.18. The quantitative estimate of drug-likeness (QED) is 0.722. The summed E-state index contributed by atoms with van der Waals surface area (Å²) in [6.07, 6.45) is 4.03. The van der Waals surface area contributed by atoms with Gasteiger partial charge < -0.3 is 9.47 Å². The first-order chi connectivity index (χ1) is 6.36. The molecule has 1 aliphatic rings. The van der Waals surface area contributed by atoms with Crippen LogP contribution in [0.5, 0.6) is 5.88 Å². The molecule has 0 aliphatic carbocycles. The molecular weight excluding hydrogens is 192 g/mol. The SMILES string of the molecule is Clc1nccnc1OC1CCOC1. The molecule has 0 aromatic carbocycles. The van der Waals surface area contributed by atoms with Crippen LogP contribution in [0.25, 0.3) is 0 Å². The van der Waals surface area contributed by atoms with Gasteiger partial charge in [-0.05, 0) is 0 Å². The van der Waals surface area contributed by atoms with E-state index in [0.717, 1.165) is 13.0 Å². The van der Waals surface area contributed by atoms with Crippen LogP contribution in [0.3, 0.4) is 0 Å². The van der Waals surface area contributed by atoms with Crippen LogP contribution in [0.1, 0.15) is 6.42 Å². The van der Waals surface area contributed by atoms with Crippen molar-refractivity contribution in [2.24, 2.45) is 0 Å². The van der Waals surface area contributed by atoms with Gasteiger partial charge in [-0.1, -0.05) is 11.6 Å². The normalized spacial score (nSPS) is 21.8. The Morgan fingerprint density at radius 3 is 3.00 bits per heavy atom. The Labute approximate surface area is 80.9 Å². The number of ether oxygens (including phenoxy) is 2. The van der Waals surface area contributed by atoms with Crippen molar-refractivity contribution in [2.75, 3.05) is 13.2 Å². The van der Waals surface area contributed by atoms with E-state index < -0.39 is 0 Å². The fourth-order valence-electron chi connectivity index (χ4n) is 1.15. The van der Waals surface area contributed by atoms with Crippen molar-refractivity contribution in [3.05, 3.63) is 17.5 Å². The molecule has 5 heteroatoms.